The Balaban J connectivity index is 2.04. The molecule has 1 rings (SSSR count). The van der Waals surface area contributed by atoms with Crippen LogP contribution in [0, 0.1) is 0 Å². The maximum absolute atomic E-state index is 4.40. The predicted molar refractivity (Wildman–Crippen MR) is 88.0 cm³/mol. The van der Waals surface area contributed by atoms with Crippen LogP contribution >= 0.6 is 0 Å². The average Bonchev–Trinajstić information content (AvgIpc) is 2.50. The molecule has 0 saturated heterocycles. The van der Waals surface area contributed by atoms with Gasteiger partial charge in [-0.05, 0) is 38.4 Å². The molecule has 1 heterocycles. The van der Waals surface area contributed by atoms with Crippen LogP contribution in [0.2, 0.25) is 0 Å². The van der Waals surface area contributed by atoms with Gasteiger partial charge < -0.3 is 5.32 Å². The summed E-state index contributed by atoms with van der Waals surface area (Å²) in [6, 6.07) is 6.83. The summed E-state index contributed by atoms with van der Waals surface area (Å²) in [6.07, 6.45) is 15.2. The SMILES string of the molecule is CCCCCCCCCC(CCc1ccccn1)NC. The molecule has 0 spiro atoms. The third-order valence-corrected chi connectivity index (χ3v) is 4.04. The quantitative estimate of drug-likeness (QED) is 0.558. The third kappa shape index (κ3) is 8.31. The van der Waals surface area contributed by atoms with Crippen LogP contribution in [0.15, 0.2) is 24.4 Å². The second-order valence-electron chi connectivity index (χ2n) is 5.76. The summed E-state index contributed by atoms with van der Waals surface area (Å²) < 4.78 is 0. The minimum atomic E-state index is 0.646. The van der Waals surface area contributed by atoms with Gasteiger partial charge >= 0.3 is 0 Å². The van der Waals surface area contributed by atoms with E-state index in [1.54, 1.807) is 0 Å². The summed E-state index contributed by atoms with van der Waals surface area (Å²) in [6.45, 7) is 2.28. The van der Waals surface area contributed by atoms with Gasteiger partial charge in [0.15, 0.2) is 0 Å². The first-order chi connectivity index (χ1) is 9.86. The van der Waals surface area contributed by atoms with Gasteiger partial charge in [0.25, 0.3) is 0 Å². The van der Waals surface area contributed by atoms with Crippen molar-refractivity contribution in [3.63, 3.8) is 0 Å². The molecule has 0 bridgehead atoms. The zero-order valence-electron chi connectivity index (χ0n) is 13.4. The van der Waals surface area contributed by atoms with Crippen molar-refractivity contribution < 1.29 is 0 Å². The van der Waals surface area contributed by atoms with Gasteiger partial charge in [0.05, 0.1) is 0 Å². The van der Waals surface area contributed by atoms with E-state index < -0.39 is 0 Å². The molecule has 0 radical (unpaired) electrons. The standard InChI is InChI=1S/C18H32N2/c1-3-4-5-6-7-8-9-12-17(19-2)14-15-18-13-10-11-16-20-18/h10-11,13,16-17,19H,3-9,12,14-15H2,1-2H3. The van der Waals surface area contributed by atoms with Crippen LogP contribution in [0.5, 0.6) is 0 Å². The highest BCUT2D eigenvalue weighted by atomic mass is 14.9. The van der Waals surface area contributed by atoms with E-state index in [0.29, 0.717) is 6.04 Å². The molecule has 2 nitrogen and oxygen atoms in total. The molecule has 0 saturated carbocycles. The number of aryl methyl sites for hydroxylation is 1. The van der Waals surface area contributed by atoms with Crippen molar-refractivity contribution in [1.29, 1.82) is 0 Å². The summed E-state index contributed by atoms with van der Waals surface area (Å²) >= 11 is 0. The number of rotatable bonds is 12. The average molecular weight is 276 g/mol. The summed E-state index contributed by atoms with van der Waals surface area (Å²) in [7, 11) is 2.09. The second kappa shape index (κ2) is 11.9. The Bertz CT molecular complexity index is 310. The van der Waals surface area contributed by atoms with Crippen LogP contribution in [0.25, 0.3) is 0 Å². The molecule has 1 aromatic heterocycles. The van der Waals surface area contributed by atoms with Crippen molar-refractivity contribution in [2.45, 2.75) is 77.2 Å². The van der Waals surface area contributed by atoms with Gasteiger partial charge in [-0.3, -0.25) is 4.98 Å². The van der Waals surface area contributed by atoms with Crippen LogP contribution in [-0.2, 0) is 6.42 Å². The van der Waals surface area contributed by atoms with Crippen LogP contribution in [0.3, 0.4) is 0 Å². The summed E-state index contributed by atoms with van der Waals surface area (Å²) in [5, 5.41) is 3.46. The van der Waals surface area contributed by atoms with E-state index in [4.69, 9.17) is 0 Å². The lowest BCUT2D eigenvalue weighted by Gasteiger charge is -2.15. The first kappa shape index (κ1) is 17.2. The number of hydrogen-bond acceptors (Lipinski definition) is 2. The molecule has 1 N–H and O–H groups in total. The number of hydrogen-bond donors (Lipinski definition) is 1. The van der Waals surface area contributed by atoms with E-state index in [1.807, 2.05) is 12.3 Å². The first-order valence-electron chi connectivity index (χ1n) is 8.44. The van der Waals surface area contributed by atoms with Crippen molar-refractivity contribution in [2.75, 3.05) is 7.05 Å². The Morgan fingerprint density at radius 3 is 2.40 bits per heavy atom. The largest absolute Gasteiger partial charge is 0.317 e. The summed E-state index contributed by atoms with van der Waals surface area (Å²) in [5.74, 6) is 0. The van der Waals surface area contributed by atoms with Gasteiger partial charge in [-0.25, -0.2) is 0 Å². The minimum absolute atomic E-state index is 0.646. The summed E-state index contributed by atoms with van der Waals surface area (Å²) in [5.41, 5.74) is 1.22. The first-order valence-corrected chi connectivity index (χ1v) is 8.44. The number of nitrogens with one attached hydrogen (secondary N) is 1. The van der Waals surface area contributed by atoms with E-state index in [2.05, 4.69) is 36.4 Å². The monoisotopic (exact) mass is 276 g/mol. The molecule has 0 amide bonds. The van der Waals surface area contributed by atoms with Crippen molar-refractivity contribution in [3.05, 3.63) is 30.1 Å². The fraction of sp³-hybridized carbons (Fsp3) is 0.722. The highest BCUT2D eigenvalue weighted by Crippen LogP contribution is 2.12. The van der Waals surface area contributed by atoms with Gasteiger partial charge in [-0.15, -0.1) is 0 Å². The second-order valence-corrected chi connectivity index (χ2v) is 5.76. The van der Waals surface area contributed by atoms with E-state index in [1.165, 1.54) is 63.5 Å². The fourth-order valence-electron chi connectivity index (χ4n) is 2.65. The van der Waals surface area contributed by atoms with Crippen molar-refractivity contribution in [1.82, 2.24) is 10.3 Å². The molecule has 0 aliphatic heterocycles. The Morgan fingerprint density at radius 2 is 1.75 bits per heavy atom. The van der Waals surface area contributed by atoms with Crippen molar-refractivity contribution in [3.8, 4) is 0 Å². The number of unbranched alkanes of at least 4 members (excludes halogenated alkanes) is 6. The molecule has 1 aromatic rings. The van der Waals surface area contributed by atoms with Gasteiger partial charge in [-0.2, -0.15) is 0 Å². The predicted octanol–water partition coefficient (Wildman–Crippen LogP) is 4.74. The van der Waals surface area contributed by atoms with Crippen LogP contribution < -0.4 is 5.32 Å². The molecule has 0 fully saturated rings. The maximum atomic E-state index is 4.40. The molecule has 0 aromatic carbocycles. The zero-order valence-corrected chi connectivity index (χ0v) is 13.4. The lowest BCUT2D eigenvalue weighted by molar-refractivity contribution is 0.455. The van der Waals surface area contributed by atoms with E-state index >= 15 is 0 Å². The molecule has 1 atom stereocenters. The molecule has 20 heavy (non-hydrogen) atoms. The normalized spacial score (nSPS) is 12.5. The third-order valence-electron chi connectivity index (χ3n) is 4.04. The Hall–Kier alpha value is -0.890. The Labute approximate surface area is 125 Å². The van der Waals surface area contributed by atoms with Crippen LogP contribution in [0.1, 0.15) is 70.4 Å². The molecule has 114 valence electrons. The lowest BCUT2D eigenvalue weighted by atomic mass is 10.0. The molecular formula is C18H32N2. The van der Waals surface area contributed by atoms with Gasteiger partial charge in [0.1, 0.15) is 0 Å². The van der Waals surface area contributed by atoms with Gasteiger partial charge in [-0.1, -0.05) is 57.9 Å². The zero-order chi connectivity index (χ0) is 14.5. The smallest absolute Gasteiger partial charge is 0.0404 e. The lowest BCUT2D eigenvalue weighted by Crippen LogP contribution is -2.25. The molecule has 0 aliphatic carbocycles. The fourth-order valence-corrected chi connectivity index (χ4v) is 2.65. The topological polar surface area (TPSA) is 24.9 Å². The Morgan fingerprint density at radius 1 is 1.00 bits per heavy atom. The molecule has 1 unspecified atom stereocenters. The highest BCUT2D eigenvalue weighted by molar-refractivity contribution is 5.03. The molecule has 0 aliphatic rings. The van der Waals surface area contributed by atoms with Gasteiger partial charge in [0, 0.05) is 17.9 Å². The van der Waals surface area contributed by atoms with E-state index in [-0.39, 0.29) is 0 Å². The number of nitrogens with zero attached hydrogens (tertiary/aromatic N) is 1. The maximum Gasteiger partial charge on any atom is 0.0404 e. The van der Waals surface area contributed by atoms with Crippen molar-refractivity contribution in [2.24, 2.45) is 0 Å². The Kier molecular flexibility index (Phi) is 10.2. The van der Waals surface area contributed by atoms with Crippen LogP contribution in [0.4, 0.5) is 0 Å². The van der Waals surface area contributed by atoms with E-state index in [0.717, 1.165) is 6.42 Å². The van der Waals surface area contributed by atoms with Crippen LogP contribution in [-0.4, -0.2) is 18.1 Å². The molecular weight excluding hydrogens is 244 g/mol. The number of aromatic nitrogens is 1. The molecule has 2 heteroatoms. The van der Waals surface area contributed by atoms with Crippen molar-refractivity contribution >= 4 is 0 Å². The minimum Gasteiger partial charge on any atom is -0.317 e. The van der Waals surface area contributed by atoms with Gasteiger partial charge in [0.2, 0.25) is 0 Å². The number of pyridine rings is 1. The summed E-state index contributed by atoms with van der Waals surface area (Å²) in [4.78, 5) is 4.40. The highest BCUT2D eigenvalue weighted by Gasteiger charge is 2.06. The van der Waals surface area contributed by atoms with E-state index in [9.17, 15) is 0 Å².